The van der Waals surface area contributed by atoms with Gasteiger partial charge in [-0.05, 0) is 13.0 Å². The molecule has 0 bridgehead atoms. The molecule has 0 aliphatic heterocycles. The van der Waals surface area contributed by atoms with E-state index in [4.69, 9.17) is 0 Å². The Balaban J connectivity index is 2.01. The number of aryl methyl sites for hydroxylation is 1. The molecule has 0 fully saturated rings. The lowest BCUT2D eigenvalue weighted by molar-refractivity contribution is 0.102. The fraction of sp³-hybridized carbons (Fsp3) is 0.167. The number of Topliss-reactive ketones (excluding diaryl/α,β-unsaturated/α-hetero) is 1. The first-order valence-corrected chi connectivity index (χ1v) is 7.65. The summed E-state index contributed by atoms with van der Waals surface area (Å²) in [6.45, 7) is 1.95. The van der Waals surface area contributed by atoms with Crippen molar-refractivity contribution >= 4 is 44.8 Å². The van der Waals surface area contributed by atoms with Gasteiger partial charge in [-0.25, -0.2) is 4.98 Å². The normalized spacial score (nSPS) is 10.5. The fourth-order valence-corrected chi connectivity index (χ4v) is 3.53. The van der Waals surface area contributed by atoms with Crippen LogP contribution in [0.3, 0.4) is 0 Å². The highest BCUT2D eigenvalue weighted by Crippen LogP contribution is 2.24. The number of nitrogens with zero attached hydrogens (tertiary/aromatic N) is 1. The minimum atomic E-state index is 0.121. The van der Waals surface area contributed by atoms with Crippen LogP contribution in [0.4, 0.5) is 0 Å². The first-order valence-electron chi connectivity index (χ1n) is 4.99. The van der Waals surface area contributed by atoms with E-state index in [1.165, 1.54) is 11.8 Å². The van der Waals surface area contributed by atoms with E-state index in [0.717, 1.165) is 20.1 Å². The largest absolute Gasteiger partial charge is 0.293 e. The van der Waals surface area contributed by atoms with Crippen LogP contribution in [0.15, 0.2) is 38.5 Å². The van der Waals surface area contributed by atoms with Crippen molar-refractivity contribution in [3.63, 3.8) is 0 Å². The summed E-state index contributed by atoms with van der Waals surface area (Å²) >= 11 is 6.45. The van der Waals surface area contributed by atoms with Crippen molar-refractivity contribution in [2.75, 3.05) is 5.75 Å². The van der Waals surface area contributed by atoms with Crippen LogP contribution >= 0.6 is 39.0 Å². The van der Waals surface area contributed by atoms with Crippen LogP contribution in [0, 0.1) is 6.92 Å². The van der Waals surface area contributed by atoms with Gasteiger partial charge in [0.25, 0.3) is 0 Å². The third-order valence-electron chi connectivity index (χ3n) is 2.10. The molecule has 17 heavy (non-hydrogen) atoms. The summed E-state index contributed by atoms with van der Waals surface area (Å²) in [6, 6.07) is 7.49. The summed E-state index contributed by atoms with van der Waals surface area (Å²) in [5.74, 6) is 0.547. The Morgan fingerprint density at radius 3 is 2.88 bits per heavy atom. The number of aromatic nitrogens is 1. The lowest BCUT2D eigenvalue weighted by Gasteiger charge is -2.01. The zero-order valence-corrected chi connectivity index (χ0v) is 12.4. The molecule has 2 aromatic rings. The van der Waals surface area contributed by atoms with E-state index in [1.54, 1.807) is 11.3 Å². The number of ketones is 1. The third kappa shape index (κ3) is 3.40. The standard InChI is InChI=1S/C12H10BrNOS2/c1-8-6-16-12(14-8)17-7-11(15)9-4-2-3-5-10(9)13/h2-6H,7H2,1H3. The first-order chi connectivity index (χ1) is 8.16. The van der Waals surface area contributed by atoms with Crippen molar-refractivity contribution in [2.45, 2.75) is 11.3 Å². The molecule has 0 saturated heterocycles. The lowest BCUT2D eigenvalue weighted by Crippen LogP contribution is -2.02. The maximum atomic E-state index is 12.0. The SMILES string of the molecule is Cc1csc(SCC(=O)c2ccccc2Br)n1. The van der Waals surface area contributed by atoms with Crippen LogP contribution in [-0.2, 0) is 0 Å². The average molecular weight is 328 g/mol. The van der Waals surface area contributed by atoms with E-state index in [9.17, 15) is 4.79 Å². The summed E-state index contributed by atoms with van der Waals surface area (Å²) in [5, 5.41) is 1.99. The van der Waals surface area contributed by atoms with Crippen LogP contribution < -0.4 is 0 Å². The number of carbonyl (C=O) groups is 1. The Morgan fingerprint density at radius 2 is 2.24 bits per heavy atom. The van der Waals surface area contributed by atoms with E-state index in [-0.39, 0.29) is 5.78 Å². The number of rotatable bonds is 4. The van der Waals surface area contributed by atoms with Gasteiger partial charge in [0.05, 0.1) is 5.75 Å². The Labute approximate surface area is 117 Å². The monoisotopic (exact) mass is 327 g/mol. The second-order valence-corrected chi connectivity index (χ2v) is 6.38. The Morgan fingerprint density at radius 1 is 1.47 bits per heavy atom. The zero-order chi connectivity index (χ0) is 12.3. The van der Waals surface area contributed by atoms with Gasteiger partial charge in [-0.3, -0.25) is 4.79 Å². The molecule has 0 aliphatic rings. The van der Waals surface area contributed by atoms with E-state index < -0.39 is 0 Å². The molecule has 1 heterocycles. The van der Waals surface area contributed by atoms with Gasteiger partial charge >= 0.3 is 0 Å². The summed E-state index contributed by atoms with van der Waals surface area (Å²) < 4.78 is 1.80. The van der Waals surface area contributed by atoms with Crippen LogP contribution in [0.5, 0.6) is 0 Å². The highest BCUT2D eigenvalue weighted by Gasteiger charge is 2.10. The minimum absolute atomic E-state index is 0.121. The molecule has 2 nitrogen and oxygen atoms in total. The zero-order valence-electron chi connectivity index (χ0n) is 9.14. The predicted molar refractivity (Wildman–Crippen MR) is 76.0 cm³/mol. The number of carbonyl (C=O) groups excluding carboxylic acids is 1. The minimum Gasteiger partial charge on any atom is -0.293 e. The van der Waals surface area contributed by atoms with Gasteiger partial charge in [0.1, 0.15) is 0 Å². The van der Waals surface area contributed by atoms with Gasteiger partial charge in [-0.15, -0.1) is 11.3 Å². The van der Waals surface area contributed by atoms with Crippen molar-refractivity contribution in [3.8, 4) is 0 Å². The molecule has 0 atom stereocenters. The predicted octanol–water partition coefficient (Wildman–Crippen LogP) is 4.19. The van der Waals surface area contributed by atoms with Gasteiger partial charge in [0.2, 0.25) is 0 Å². The van der Waals surface area contributed by atoms with Crippen molar-refractivity contribution in [1.82, 2.24) is 4.98 Å². The molecule has 0 amide bonds. The van der Waals surface area contributed by atoms with Crippen molar-refractivity contribution in [1.29, 1.82) is 0 Å². The molecule has 0 saturated carbocycles. The average Bonchev–Trinajstić information content (AvgIpc) is 2.73. The van der Waals surface area contributed by atoms with Crippen LogP contribution in [0.1, 0.15) is 16.1 Å². The molecule has 1 aromatic heterocycles. The molecular weight excluding hydrogens is 318 g/mol. The Hall–Kier alpha value is -0.650. The van der Waals surface area contributed by atoms with Gasteiger partial charge in [0.15, 0.2) is 10.1 Å². The lowest BCUT2D eigenvalue weighted by atomic mass is 10.1. The van der Waals surface area contributed by atoms with E-state index in [0.29, 0.717) is 5.75 Å². The number of thiazole rings is 1. The highest BCUT2D eigenvalue weighted by molar-refractivity contribution is 9.10. The molecule has 5 heteroatoms. The number of halogens is 1. The maximum Gasteiger partial charge on any atom is 0.174 e. The van der Waals surface area contributed by atoms with E-state index >= 15 is 0 Å². The van der Waals surface area contributed by atoms with E-state index in [1.807, 2.05) is 36.6 Å². The van der Waals surface area contributed by atoms with Crippen LogP contribution in [-0.4, -0.2) is 16.5 Å². The molecule has 0 N–H and O–H groups in total. The molecule has 88 valence electrons. The molecule has 0 radical (unpaired) electrons. The molecule has 1 aromatic carbocycles. The summed E-state index contributed by atoms with van der Waals surface area (Å²) in [5.41, 5.74) is 1.74. The molecule has 0 unspecified atom stereocenters. The molecule has 0 spiro atoms. The Bertz CT molecular complexity index is 539. The second kappa shape index (κ2) is 5.80. The van der Waals surface area contributed by atoms with Gasteiger partial charge < -0.3 is 0 Å². The van der Waals surface area contributed by atoms with Crippen molar-refractivity contribution in [2.24, 2.45) is 0 Å². The fourth-order valence-electron chi connectivity index (χ4n) is 1.29. The number of hydrogen-bond acceptors (Lipinski definition) is 4. The first kappa shape index (κ1) is 12.8. The van der Waals surface area contributed by atoms with Gasteiger partial charge in [-0.2, -0.15) is 0 Å². The van der Waals surface area contributed by atoms with Crippen LogP contribution in [0.25, 0.3) is 0 Å². The smallest absolute Gasteiger partial charge is 0.174 e. The maximum absolute atomic E-state index is 12.0. The number of thioether (sulfide) groups is 1. The topological polar surface area (TPSA) is 30.0 Å². The summed E-state index contributed by atoms with van der Waals surface area (Å²) in [6.07, 6.45) is 0. The molecule has 0 aliphatic carbocycles. The van der Waals surface area contributed by atoms with Gasteiger partial charge in [-0.1, -0.05) is 45.9 Å². The van der Waals surface area contributed by atoms with Crippen molar-refractivity contribution in [3.05, 3.63) is 45.4 Å². The molecular formula is C12H10BrNOS2. The highest BCUT2D eigenvalue weighted by atomic mass is 79.9. The number of benzene rings is 1. The van der Waals surface area contributed by atoms with Crippen LogP contribution in [0.2, 0.25) is 0 Å². The summed E-state index contributed by atoms with van der Waals surface area (Å²) in [4.78, 5) is 16.3. The second-order valence-electron chi connectivity index (χ2n) is 3.45. The number of hydrogen-bond donors (Lipinski definition) is 0. The van der Waals surface area contributed by atoms with E-state index in [2.05, 4.69) is 20.9 Å². The quantitative estimate of drug-likeness (QED) is 0.623. The third-order valence-corrected chi connectivity index (χ3v) is 4.93. The van der Waals surface area contributed by atoms with Crippen molar-refractivity contribution < 1.29 is 4.79 Å². The summed E-state index contributed by atoms with van der Waals surface area (Å²) in [7, 11) is 0. The van der Waals surface area contributed by atoms with Gasteiger partial charge in [0, 0.05) is 21.1 Å². The molecule has 2 rings (SSSR count). The Kier molecular flexibility index (Phi) is 4.36.